The molecule has 1 N–H and O–H groups in total. The summed E-state index contributed by atoms with van der Waals surface area (Å²) >= 11 is 0. The first kappa shape index (κ1) is 13.0. The summed E-state index contributed by atoms with van der Waals surface area (Å²) < 4.78 is 9.34. The number of rotatable bonds is 4. The molecule has 0 fully saturated rings. The van der Waals surface area contributed by atoms with Crippen LogP contribution in [-0.2, 0) is 14.3 Å². The quantitative estimate of drug-likeness (QED) is 0.623. The number of nitrogens with zero attached hydrogens (tertiary/aromatic N) is 1. The van der Waals surface area contributed by atoms with Crippen molar-refractivity contribution in [1.82, 2.24) is 4.98 Å². The Kier molecular flexibility index (Phi) is 4.45. The predicted molar refractivity (Wildman–Crippen MR) is 60.8 cm³/mol. The Labute approximate surface area is 98.9 Å². The van der Waals surface area contributed by atoms with Crippen LogP contribution in [0.4, 0.5) is 5.69 Å². The van der Waals surface area contributed by atoms with Crippen LogP contribution in [0.1, 0.15) is 12.0 Å². The summed E-state index contributed by atoms with van der Waals surface area (Å²) in [6, 6.07) is 1.59. The van der Waals surface area contributed by atoms with Crippen LogP contribution in [0.3, 0.4) is 0 Å². The second-order valence-electron chi connectivity index (χ2n) is 3.34. The molecule has 0 unspecified atom stereocenters. The molecule has 0 aromatic carbocycles. The lowest BCUT2D eigenvalue weighted by Crippen LogP contribution is -2.17. The molecule has 1 heterocycles. The fourth-order valence-electron chi connectivity index (χ4n) is 1.15. The summed E-state index contributed by atoms with van der Waals surface area (Å²) in [5, 5.41) is 2.59. The second kappa shape index (κ2) is 5.83. The number of pyridine rings is 1. The number of anilines is 1. The molecule has 1 rings (SSSR count). The van der Waals surface area contributed by atoms with Crippen molar-refractivity contribution in [3.05, 3.63) is 17.8 Å². The van der Waals surface area contributed by atoms with Crippen molar-refractivity contribution in [2.45, 2.75) is 13.3 Å². The molecule has 6 heteroatoms. The molecule has 1 aromatic heterocycles. The van der Waals surface area contributed by atoms with E-state index in [1.54, 1.807) is 19.2 Å². The molecular formula is C11H14N2O4. The van der Waals surface area contributed by atoms with Crippen molar-refractivity contribution in [3.8, 4) is 5.88 Å². The molecule has 1 amide bonds. The smallest absolute Gasteiger partial charge is 0.315 e. The Bertz CT molecular complexity index is 431. The topological polar surface area (TPSA) is 77.5 Å². The first-order chi connectivity index (χ1) is 8.06. The van der Waals surface area contributed by atoms with Gasteiger partial charge in [0.1, 0.15) is 6.42 Å². The van der Waals surface area contributed by atoms with Gasteiger partial charge in [-0.1, -0.05) is 0 Å². The number of hydrogen-bond donors (Lipinski definition) is 1. The second-order valence-corrected chi connectivity index (χ2v) is 3.34. The number of ether oxygens (including phenoxy) is 2. The molecular weight excluding hydrogens is 224 g/mol. The van der Waals surface area contributed by atoms with E-state index in [1.807, 2.05) is 0 Å². The van der Waals surface area contributed by atoms with Gasteiger partial charge in [-0.2, -0.15) is 0 Å². The summed E-state index contributed by atoms with van der Waals surface area (Å²) in [6.45, 7) is 1.79. The maximum atomic E-state index is 11.5. The fourth-order valence-corrected chi connectivity index (χ4v) is 1.15. The SMILES string of the molecule is COC(=O)CC(=O)Nc1cc(OC)ncc1C. The Morgan fingerprint density at radius 3 is 2.71 bits per heavy atom. The molecule has 92 valence electrons. The van der Waals surface area contributed by atoms with Gasteiger partial charge in [0.2, 0.25) is 11.8 Å². The highest BCUT2D eigenvalue weighted by Gasteiger charge is 2.11. The summed E-state index contributed by atoms with van der Waals surface area (Å²) in [6.07, 6.45) is 1.26. The Morgan fingerprint density at radius 2 is 2.12 bits per heavy atom. The van der Waals surface area contributed by atoms with Gasteiger partial charge < -0.3 is 14.8 Å². The van der Waals surface area contributed by atoms with Gasteiger partial charge in [-0.05, 0) is 12.5 Å². The van der Waals surface area contributed by atoms with E-state index in [-0.39, 0.29) is 6.42 Å². The molecule has 0 aliphatic carbocycles. The molecule has 0 saturated heterocycles. The van der Waals surface area contributed by atoms with Crippen LogP contribution in [0.5, 0.6) is 5.88 Å². The van der Waals surface area contributed by atoms with E-state index in [9.17, 15) is 9.59 Å². The predicted octanol–water partition coefficient (Wildman–Crippen LogP) is 0.900. The highest BCUT2D eigenvalue weighted by molar-refractivity contribution is 6.02. The zero-order valence-electron chi connectivity index (χ0n) is 9.94. The standard InChI is InChI=1S/C11H14N2O4/c1-7-6-12-10(16-2)4-8(7)13-9(14)5-11(15)17-3/h4,6H,5H2,1-3H3,(H,12,13,14). The molecule has 0 aliphatic rings. The number of carbonyl (C=O) groups is 2. The number of aryl methyl sites for hydroxylation is 1. The Hall–Kier alpha value is -2.11. The normalized spacial score (nSPS) is 9.59. The largest absolute Gasteiger partial charge is 0.481 e. The third-order valence-electron chi connectivity index (χ3n) is 2.09. The van der Waals surface area contributed by atoms with E-state index < -0.39 is 11.9 Å². The van der Waals surface area contributed by atoms with E-state index in [4.69, 9.17) is 4.74 Å². The first-order valence-electron chi connectivity index (χ1n) is 4.94. The number of hydrogen-bond acceptors (Lipinski definition) is 5. The molecule has 6 nitrogen and oxygen atoms in total. The lowest BCUT2D eigenvalue weighted by atomic mass is 10.2. The van der Waals surface area contributed by atoms with Gasteiger partial charge in [-0.25, -0.2) is 4.98 Å². The molecule has 0 spiro atoms. The minimum atomic E-state index is -0.582. The first-order valence-corrected chi connectivity index (χ1v) is 4.94. The monoisotopic (exact) mass is 238 g/mol. The lowest BCUT2D eigenvalue weighted by molar-refractivity contribution is -0.142. The maximum Gasteiger partial charge on any atom is 0.315 e. The third-order valence-corrected chi connectivity index (χ3v) is 2.09. The highest BCUT2D eigenvalue weighted by atomic mass is 16.5. The van der Waals surface area contributed by atoms with Crippen LogP contribution >= 0.6 is 0 Å². The van der Waals surface area contributed by atoms with Gasteiger partial charge in [-0.3, -0.25) is 9.59 Å². The average Bonchev–Trinajstić information content (AvgIpc) is 2.31. The van der Waals surface area contributed by atoms with Gasteiger partial charge in [0.15, 0.2) is 0 Å². The van der Waals surface area contributed by atoms with E-state index >= 15 is 0 Å². The van der Waals surface area contributed by atoms with Crippen molar-refractivity contribution in [2.75, 3.05) is 19.5 Å². The molecule has 1 aromatic rings. The number of amides is 1. The van der Waals surface area contributed by atoms with E-state index in [0.29, 0.717) is 11.6 Å². The van der Waals surface area contributed by atoms with Crippen molar-refractivity contribution in [1.29, 1.82) is 0 Å². The summed E-state index contributed by atoms with van der Waals surface area (Å²) in [7, 11) is 2.72. The minimum Gasteiger partial charge on any atom is -0.481 e. The average molecular weight is 238 g/mol. The third kappa shape index (κ3) is 3.75. The number of esters is 1. The number of aromatic nitrogens is 1. The van der Waals surface area contributed by atoms with Crippen LogP contribution in [0.15, 0.2) is 12.3 Å². The van der Waals surface area contributed by atoms with Gasteiger partial charge in [0, 0.05) is 12.3 Å². The molecule has 0 atom stereocenters. The Balaban J connectivity index is 2.73. The zero-order chi connectivity index (χ0) is 12.8. The summed E-state index contributed by atoms with van der Waals surface area (Å²) in [5.41, 5.74) is 1.34. The van der Waals surface area contributed by atoms with E-state index in [0.717, 1.165) is 5.56 Å². The molecule has 0 aliphatic heterocycles. The van der Waals surface area contributed by atoms with Crippen LogP contribution in [-0.4, -0.2) is 31.1 Å². The molecule has 0 radical (unpaired) electrons. The van der Waals surface area contributed by atoms with Crippen molar-refractivity contribution >= 4 is 17.6 Å². The van der Waals surface area contributed by atoms with Crippen LogP contribution in [0.25, 0.3) is 0 Å². The number of methoxy groups -OCH3 is 2. The van der Waals surface area contributed by atoms with Crippen molar-refractivity contribution in [3.63, 3.8) is 0 Å². The van der Waals surface area contributed by atoms with E-state index in [2.05, 4.69) is 15.0 Å². The summed E-state index contributed by atoms with van der Waals surface area (Å²) in [4.78, 5) is 26.3. The molecule has 0 bridgehead atoms. The van der Waals surface area contributed by atoms with Crippen molar-refractivity contribution in [2.24, 2.45) is 0 Å². The van der Waals surface area contributed by atoms with Gasteiger partial charge in [0.25, 0.3) is 0 Å². The molecule has 17 heavy (non-hydrogen) atoms. The summed E-state index contributed by atoms with van der Waals surface area (Å²) in [5.74, 6) is -0.627. The lowest BCUT2D eigenvalue weighted by Gasteiger charge is -2.08. The van der Waals surface area contributed by atoms with Crippen molar-refractivity contribution < 1.29 is 19.1 Å². The maximum absolute atomic E-state index is 11.5. The van der Waals surface area contributed by atoms with Gasteiger partial charge in [-0.15, -0.1) is 0 Å². The van der Waals surface area contributed by atoms with Gasteiger partial charge in [0.05, 0.1) is 19.9 Å². The fraction of sp³-hybridized carbons (Fsp3) is 0.364. The number of carbonyl (C=O) groups excluding carboxylic acids is 2. The Morgan fingerprint density at radius 1 is 1.41 bits per heavy atom. The van der Waals surface area contributed by atoms with Crippen LogP contribution in [0.2, 0.25) is 0 Å². The van der Waals surface area contributed by atoms with Crippen LogP contribution in [0, 0.1) is 6.92 Å². The minimum absolute atomic E-state index is 0.319. The zero-order valence-corrected chi connectivity index (χ0v) is 9.94. The van der Waals surface area contributed by atoms with Crippen LogP contribution < -0.4 is 10.1 Å². The highest BCUT2D eigenvalue weighted by Crippen LogP contribution is 2.18. The number of nitrogens with one attached hydrogen (secondary N) is 1. The van der Waals surface area contributed by atoms with Gasteiger partial charge >= 0.3 is 5.97 Å². The van der Waals surface area contributed by atoms with E-state index in [1.165, 1.54) is 14.2 Å². The molecule has 0 saturated carbocycles.